The minimum Gasteiger partial charge on any atom is -0.550 e. The molecule has 3 heteroatoms. The minimum absolute atomic E-state index is 0.0457. The van der Waals surface area contributed by atoms with E-state index >= 15 is 0 Å². The smallest absolute Gasteiger partial charge is 0.119 e. The Balaban J connectivity index is 2.35. The Hall–Kier alpha value is -1.51. The SMILES string of the molecule is CC(C)c1ccc(OCCCC(=O)[O-])cc1. The van der Waals surface area contributed by atoms with E-state index in [1.807, 2.05) is 24.3 Å². The third-order valence-corrected chi connectivity index (χ3v) is 2.34. The average Bonchev–Trinajstić information content (AvgIpc) is 2.25. The molecule has 1 rings (SSSR count). The van der Waals surface area contributed by atoms with Crippen LogP contribution in [-0.4, -0.2) is 12.6 Å². The molecule has 3 nitrogen and oxygen atoms in total. The fourth-order valence-corrected chi connectivity index (χ4v) is 1.36. The number of carbonyl (C=O) groups excluding carboxylic acids is 1. The van der Waals surface area contributed by atoms with Crippen LogP contribution in [0.4, 0.5) is 0 Å². The maximum Gasteiger partial charge on any atom is 0.119 e. The molecule has 0 spiro atoms. The molecule has 1 aromatic rings. The van der Waals surface area contributed by atoms with Gasteiger partial charge in [-0.25, -0.2) is 0 Å². The number of carboxylic acid groups (broad SMARTS) is 1. The van der Waals surface area contributed by atoms with E-state index in [1.165, 1.54) is 5.56 Å². The van der Waals surface area contributed by atoms with Crippen molar-refractivity contribution in [3.05, 3.63) is 29.8 Å². The summed E-state index contributed by atoms with van der Waals surface area (Å²) < 4.78 is 5.40. The number of aliphatic carboxylic acids is 1. The molecule has 0 N–H and O–H groups in total. The normalized spacial score (nSPS) is 10.4. The molecule has 0 saturated carbocycles. The van der Waals surface area contributed by atoms with Gasteiger partial charge in [-0.2, -0.15) is 0 Å². The van der Waals surface area contributed by atoms with Gasteiger partial charge in [0.25, 0.3) is 0 Å². The lowest BCUT2D eigenvalue weighted by Crippen LogP contribution is -2.22. The second-order valence-electron chi connectivity index (χ2n) is 4.05. The molecule has 0 heterocycles. The fraction of sp³-hybridized carbons (Fsp3) is 0.462. The van der Waals surface area contributed by atoms with E-state index in [-0.39, 0.29) is 6.42 Å². The molecule has 0 aliphatic heterocycles. The number of carbonyl (C=O) groups is 1. The van der Waals surface area contributed by atoms with E-state index in [0.717, 1.165) is 5.75 Å². The van der Waals surface area contributed by atoms with Gasteiger partial charge in [-0.15, -0.1) is 0 Å². The van der Waals surface area contributed by atoms with Crippen LogP contribution in [0.2, 0.25) is 0 Å². The Labute approximate surface area is 96.1 Å². The van der Waals surface area contributed by atoms with Crippen LogP contribution in [0.5, 0.6) is 5.75 Å². The van der Waals surface area contributed by atoms with Crippen molar-refractivity contribution in [1.29, 1.82) is 0 Å². The summed E-state index contributed by atoms with van der Waals surface area (Å²) in [6.07, 6.45) is 0.526. The summed E-state index contributed by atoms with van der Waals surface area (Å²) in [4.78, 5) is 10.2. The molecule has 88 valence electrons. The molecule has 16 heavy (non-hydrogen) atoms. The summed E-state index contributed by atoms with van der Waals surface area (Å²) in [5.41, 5.74) is 1.27. The van der Waals surface area contributed by atoms with Crippen molar-refractivity contribution in [2.75, 3.05) is 6.61 Å². The first-order chi connectivity index (χ1) is 7.59. The summed E-state index contributed by atoms with van der Waals surface area (Å²) >= 11 is 0. The van der Waals surface area contributed by atoms with Crippen LogP contribution in [-0.2, 0) is 4.79 Å². The van der Waals surface area contributed by atoms with Crippen LogP contribution in [0, 0.1) is 0 Å². The summed E-state index contributed by atoms with van der Waals surface area (Å²) in [6, 6.07) is 7.88. The standard InChI is InChI=1S/C13H18O3/c1-10(2)11-5-7-12(8-6-11)16-9-3-4-13(14)15/h5-8,10H,3-4,9H2,1-2H3,(H,14,15)/p-1. The molecule has 0 fully saturated rings. The first-order valence-corrected chi connectivity index (χ1v) is 5.52. The number of benzene rings is 1. The van der Waals surface area contributed by atoms with E-state index in [4.69, 9.17) is 4.74 Å². The van der Waals surface area contributed by atoms with Crippen LogP contribution < -0.4 is 9.84 Å². The van der Waals surface area contributed by atoms with Crippen molar-refractivity contribution >= 4 is 5.97 Å². The maximum atomic E-state index is 10.2. The predicted molar refractivity (Wildman–Crippen MR) is 60.3 cm³/mol. The molecule has 0 aliphatic carbocycles. The Bertz CT molecular complexity index is 328. The average molecular weight is 221 g/mol. The van der Waals surface area contributed by atoms with E-state index in [0.29, 0.717) is 18.9 Å². The number of rotatable bonds is 6. The van der Waals surface area contributed by atoms with Crippen molar-refractivity contribution in [1.82, 2.24) is 0 Å². The Morgan fingerprint density at radius 2 is 1.94 bits per heavy atom. The van der Waals surface area contributed by atoms with Crippen LogP contribution in [0.1, 0.15) is 38.2 Å². The molecular weight excluding hydrogens is 204 g/mol. The van der Waals surface area contributed by atoms with E-state index in [1.54, 1.807) is 0 Å². The van der Waals surface area contributed by atoms with E-state index in [2.05, 4.69) is 13.8 Å². The number of carboxylic acids is 1. The van der Waals surface area contributed by atoms with Crippen molar-refractivity contribution < 1.29 is 14.6 Å². The molecule has 0 unspecified atom stereocenters. The van der Waals surface area contributed by atoms with Gasteiger partial charge in [0.2, 0.25) is 0 Å². The molecular formula is C13H17O3-. The van der Waals surface area contributed by atoms with Crippen LogP contribution in [0.15, 0.2) is 24.3 Å². The van der Waals surface area contributed by atoms with Gasteiger partial charge in [-0.05, 0) is 36.5 Å². The highest BCUT2D eigenvalue weighted by molar-refractivity contribution is 5.64. The number of ether oxygens (including phenoxy) is 1. The summed E-state index contributed by atoms with van der Waals surface area (Å²) in [5.74, 6) is 0.258. The van der Waals surface area contributed by atoms with Crippen LogP contribution in [0.3, 0.4) is 0 Å². The van der Waals surface area contributed by atoms with Crippen molar-refractivity contribution in [3.8, 4) is 5.75 Å². The zero-order chi connectivity index (χ0) is 12.0. The lowest BCUT2D eigenvalue weighted by molar-refractivity contribution is -0.305. The Morgan fingerprint density at radius 3 is 2.44 bits per heavy atom. The lowest BCUT2D eigenvalue weighted by Gasteiger charge is -2.09. The van der Waals surface area contributed by atoms with Gasteiger partial charge < -0.3 is 14.6 Å². The molecule has 0 saturated heterocycles. The second kappa shape index (κ2) is 6.16. The molecule has 0 amide bonds. The maximum absolute atomic E-state index is 10.2. The number of hydrogen-bond donors (Lipinski definition) is 0. The highest BCUT2D eigenvalue weighted by Crippen LogP contribution is 2.18. The zero-order valence-electron chi connectivity index (χ0n) is 9.73. The van der Waals surface area contributed by atoms with Gasteiger partial charge in [-0.1, -0.05) is 26.0 Å². The molecule has 0 aromatic heterocycles. The largest absolute Gasteiger partial charge is 0.550 e. The van der Waals surface area contributed by atoms with Gasteiger partial charge in [0.15, 0.2) is 0 Å². The van der Waals surface area contributed by atoms with Crippen molar-refractivity contribution in [2.24, 2.45) is 0 Å². The van der Waals surface area contributed by atoms with Crippen LogP contribution in [0.25, 0.3) is 0 Å². The highest BCUT2D eigenvalue weighted by Gasteiger charge is 1.99. The summed E-state index contributed by atoms with van der Waals surface area (Å²) in [5, 5.41) is 10.2. The van der Waals surface area contributed by atoms with Gasteiger partial charge in [-0.3, -0.25) is 0 Å². The van der Waals surface area contributed by atoms with Gasteiger partial charge in [0.05, 0.1) is 6.61 Å². The zero-order valence-corrected chi connectivity index (χ0v) is 9.73. The fourth-order valence-electron chi connectivity index (χ4n) is 1.36. The van der Waals surface area contributed by atoms with Crippen molar-refractivity contribution in [3.63, 3.8) is 0 Å². The first kappa shape index (κ1) is 12.6. The first-order valence-electron chi connectivity index (χ1n) is 5.52. The van der Waals surface area contributed by atoms with Gasteiger partial charge >= 0.3 is 0 Å². The highest BCUT2D eigenvalue weighted by atomic mass is 16.5. The lowest BCUT2D eigenvalue weighted by atomic mass is 10.0. The molecule has 0 aliphatic rings. The predicted octanol–water partition coefficient (Wildman–Crippen LogP) is 1.72. The minimum atomic E-state index is -1.03. The number of hydrogen-bond acceptors (Lipinski definition) is 3. The monoisotopic (exact) mass is 221 g/mol. The molecule has 0 atom stereocenters. The van der Waals surface area contributed by atoms with Gasteiger partial charge in [0, 0.05) is 5.97 Å². The topological polar surface area (TPSA) is 49.4 Å². The third kappa shape index (κ3) is 4.34. The van der Waals surface area contributed by atoms with Gasteiger partial charge in [0.1, 0.15) is 5.75 Å². The third-order valence-electron chi connectivity index (χ3n) is 2.34. The van der Waals surface area contributed by atoms with E-state index < -0.39 is 5.97 Å². The van der Waals surface area contributed by atoms with Crippen molar-refractivity contribution in [2.45, 2.75) is 32.6 Å². The Kier molecular flexibility index (Phi) is 4.83. The second-order valence-corrected chi connectivity index (χ2v) is 4.05. The van der Waals surface area contributed by atoms with E-state index in [9.17, 15) is 9.90 Å². The molecule has 1 aromatic carbocycles. The molecule has 0 radical (unpaired) electrons. The summed E-state index contributed by atoms with van der Waals surface area (Å²) in [6.45, 7) is 4.68. The van der Waals surface area contributed by atoms with Crippen LogP contribution >= 0.6 is 0 Å². The Morgan fingerprint density at radius 1 is 1.31 bits per heavy atom. The summed E-state index contributed by atoms with van der Waals surface area (Å²) in [7, 11) is 0. The molecule has 0 bridgehead atoms. The quantitative estimate of drug-likeness (QED) is 0.687.